The fraction of sp³-hybridized carbons (Fsp3) is 0.333. The van der Waals surface area contributed by atoms with Crippen molar-refractivity contribution < 1.29 is 19.1 Å². The Hall–Kier alpha value is -3.40. The number of ether oxygens (including phenoxy) is 2. The number of carbonyl (C=O) groups excluding carboxylic acids is 2. The van der Waals surface area contributed by atoms with Gasteiger partial charge in [0.25, 0.3) is 5.91 Å². The fourth-order valence-electron chi connectivity index (χ4n) is 3.58. The number of nitrogens with zero attached hydrogens (tertiary/aromatic N) is 3. The Morgan fingerprint density at radius 3 is 2.87 bits per heavy atom. The number of thiophene rings is 1. The van der Waals surface area contributed by atoms with Crippen LogP contribution in [0.5, 0.6) is 11.5 Å². The molecule has 1 aliphatic heterocycles. The van der Waals surface area contributed by atoms with Crippen molar-refractivity contribution in [2.24, 2.45) is 5.92 Å². The molecule has 2 aromatic heterocycles. The van der Waals surface area contributed by atoms with Gasteiger partial charge < -0.3 is 14.4 Å². The number of aromatic amines is 1. The first kappa shape index (κ1) is 20.9. The van der Waals surface area contributed by atoms with Gasteiger partial charge in [0, 0.05) is 19.2 Å². The lowest BCUT2D eigenvalue weighted by molar-refractivity contribution is -0.121. The number of methoxy groups -OCH3 is 2. The zero-order valence-electron chi connectivity index (χ0n) is 17.3. The summed E-state index contributed by atoms with van der Waals surface area (Å²) in [5.41, 5.74) is 0.696. The molecule has 0 spiro atoms. The van der Waals surface area contributed by atoms with E-state index in [1.54, 1.807) is 43.4 Å². The third kappa shape index (κ3) is 4.53. The number of nitrogens with one attached hydrogen (secondary N) is 2. The maximum atomic E-state index is 12.8. The summed E-state index contributed by atoms with van der Waals surface area (Å²) in [5, 5.41) is 11.6. The van der Waals surface area contributed by atoms with Gasteiger partial charge in [-0.2, -0.15) is 4.98 Å². The molecule has 9 nitrogen and oxygen atoms in total. The summed E-state index contributed by atoms with van der Waals surface area (Å²) in [6.07, 6.45) is 1.49. The van der Waals surface area contributed by atoms with Gasteiger partial charge in [0.05, 0.1) is 30.6 Å². The summed E-state index contributed by atoms with van der Waals surface area (Å²) in [6, 6.07) is 9.00. The first-order valence-corrected chi connectivity index (χ1v) is 10.8. The molecule has 0 saturated carbocycles. The second-order valence-electron chi connectivity index (χ2n) is 7.13. The highest BCUT2D eigenvalue weighted by atomic mass is 32.1. The Bertz CT molecular complexity index is 1070. The smallest absolute Gasteiger partial charge is 0.263 e. The lowest BCUT2D eigenvalue weighted by Crippen LogP contribution is -2.43. The first-order chi connectivity index (χ1) is 15.1. The minimum atomic E-state index is -0.310. The molecule has 0 bridgehead atoms. The van der Waals surface area contributed by atoms with Gasteiger partial charge in [0.15, 0.2) is 5.82 Å². The Morgan fingerprint density at radius 1 is 1.26 bits per heavy atom. The molecule has 162 valence electrons. The van der Waals surface area contributed by atoms with Gasteiger partial charge in [0.2, 0.25) is 11.9 Å². The summed E-state index contributed by atoms with van der Waals surface area (Å²) < 4.78 is 10.6. The normalized spacial score (nSPS) is 16.1. The topological polar surface area (TPSA) is 109 Å². The highest BCUT2D eigenvalue weighted by Gasteiger charge is 2.30. The zero-order chi connectivity index (χ0) is 21.8. The van der Waals surface area contributed by atoms with Crippen molar-refractivity contribution in [3.63, 3.8) is 0 Å². The number of aromatic nitrogens is 3. The van der Waals surface area contributed by atoms with E-state index in [1.807, 2.05) is 11.4 Å². The second-order valence-corrected chi connectivity index (χ2v) is 8.08. The average Bonchev–Trinajstić information content (AvgIpc) is 3.50. The number of likely N-dealkylation sites (tertiary alicyclic amines) is 1. The van der Waals surface area contributed by atoms with Crippen LogP contribution < -0.4 is 14.8 Å². The number of rotatable bonds is 6. The number of carbonyl (C=O) groups is 2. The van der Waals surface area contributed by atoms with Crippen LogP contribution in [-0.4, -0.2) is 59.2 Å². The van der Waals surface area contributed by atoms with Crippen LogP contribution in [0, 0.1) is 5.92 Å². The van der Waals surface area contributed by atoms with E-state index in [4.69, 9.17) is 9.47 Å². The van der Waals surface area contributed by atoms with Crippen molar-refractivity contribution in [2.75, 3.05) is 32.6 Å². The number of amides is 2. The summed E-state index contributed by atoms with van der Waals surface area (Å²) in [7, 11) is 3.14. The number of hydrogen-bond acceptors (Lipinski definition) is 7. The molecule has 3 heterocycles. The van der Waals surface area contributed by atoms with E-state index in [1.165, 1.54) is 11.3 Å². The summed E-state index contributed by atoms with van der Waals surface area (Å²) in [4.78, 5) is 32.2. The van der Waals surface area contributed by atoms with Crippen molar-refractivity contribution in [1.82, 2.24) is 20.1 Å². The molecule has 2 amide bonds. The molecule has 1 unspecified atom stereocenters. The minimum absolute atomic E-state index is 0.0284. The summed E-state index contributed by atoms with van der Waals surface area (Å²) >= 11 is 1.41. The Morgan fingerprint density at radius 2 is 2.13 bits per heavy atom. The van der Waals surface area contributed by atoms with Gasteiger partial charge in [0.1, 0.15) is 11.5 Å². The van der Waals surface area contributed by atoms with Crippen LogP contribution in [0.25, 0.3) is 11.4 Å². The van der Waals surface area contributed by atoms with Crippen LogP contribution in [-0.2, 0) is 4.79 Å². The highest BCUT2D eigenvalue weighted by molar-refractivity contribution is 7.12. The quantitative estimate of drug-likeness (QED) is 0.609. The van der Waals surface area contributed by atoms with E-state index in [0.717, 1.165) is 6.42 Å². The SMILES string of the molecule is COc1ccc(-c2nc(NC(=O)C3CCCN(C(=O)c4cccs4)C3)n[nH]2)c(OC)c1. The largest absolute Gasteiger partial charge is 0.497 e. The maximum Gasteiger partial charge on any atom is 0.263 e. The molecular weight excluding hydrogens is 418 g/mol. The van der Waals surface area contributed by atoms with E-state index in [2.05, 4.69) is 20.5 Å². The molecule has 31 heavy (non-hydrogen) atoms. The average molecular weight is 442 g/mol. The number of hydrogen-bond donors (Lipinski definition) is 2. The standard InChI is InChI=1S/C21H23N5O4S/c1-29-14-7-8-15(16(11-14)30-2)18-22-21(25-24-18)23-19(27)13-5-3-9-26(12-13)20(28)17-6-4-10-31-17/h4,6-8,10-11,13H,3,5,9,12H2,1-2H3,(H2,22,23,24,25,27). The Kier molecular flexibility index (Phi) is 6.17. The summed E-state index contributed by atoms with van der Waals surface area (Å²) in [6.45, 7) is 1.04. The van der Waals surface area contributed by atoms with Gasteiger partial charge in [-0.3, -0.25) is 20.0 Å². The molecule has 4 rings (SSSR count). The number of benzene rings is 1. The van der Waals surface area contributed by atoms with Gasteiger partial charge in [-0.25, -0.2) is 0 Å². The third-order valence-electron chi connectivity index (χ3n) is 5.20. The molecule has 1 atom stereocenters. The maximum absolute atomic E-state index is 12.8. The van der Waals surface area contributed by atoms with Crippen LogP contribution in [0.1, 0.15) is 22.5 Å². The number of H-pyrrole nitrogens is 1. The summed E-state index contributed by atoms with van der Waals surface area (Å²) in [5.74, 6) is 1.34. The molecule has 10 heteroatoms. The van der Waals surface area contributed by atoms with Crippen LogP contribution in [0.2, 0.25) is 0 Å². The molecule has 1 aromatic carbocycles. The zero-order valence-corrected chi connectivity index (χ0v) is 18.1. The van der Waals surface area contributed by atoms with E-state index in [-0.39, 0.29) is 23.7 Å². The van der Waals surface area contributed by atoms with Crippen LogP contribution >= 0.6 is 11.3 Å². The van der Waals surface area contributed by atoms with Gasteiger partial charge in [-0.05, 0) is 36.4 Å². The van der Waals surface area contributed by atoms with Crippen molar-refractivity contribution in [1.29, 1.82) is 0 Å². The highest BCUT2D eigenvalue weighted by Crippen LogP contribution is 2.31. The molecule has 1 fully saturated rings. The molecule has 0 radical (unpaired) electrons. The van der Waals surface area contributed by atoms with Crippen molar-refractivity contribution in [3.8, 4) is 22.9 Å². The minimum Gasteiger partial charge on any atom is -0.497 e. The molecule has 2 N–H and O–H groups in total. The second kappa shape index (κ2) is 9.17. The van der Waals surface area contributed by atoms with Crippen LogP contribution in [0.4, 0.5) is 5.95 Å². The predicted molar refractivity (Wildman–Crippen MR) is 116 cm³/mol. The van der Waals surface area contributed by atoms with Crippen LogP contribution in [0.3, 0.4) is 0 Å². The van der Waals surface area contributed by atoms with E-state index >= 15 is 0 Å². The van der Waals surface area contributed by atoms with Crippen LogP contribution in [0.15, 0.2) is 35.7 Å². The number of piperidine rings is 1. The third-order valence-corrected chi connectivity index (χ3v) is 6.05. The lowest BCUT2D eigenvalue weighted by Gasteiger charge is -2.31. The Labute approximate surface area is 183 Å². The molecule has 1 saturated heterocycles. The van der Waals surface area contributed by atoms with Crippen molar-refractivity contribution >= 4 is 29.1 Å². The molecule has 1 aliphatic rings. The lowest BCUT2D eigenvalue weighted by atomic mass is 9.97. The van der Waals surface area contributed by atoms with Crippen molar-refractivity contribution in [3.05, 3.63) is 40.6 Å². The first-order valence-electron chi connectivity index (χ1n) is 9.87. The fourth-order valence-corrected chi connectivity index (χ4v) is 4.27. The van der Waals surface area contributed by atoms with Gasteiger partial charge in [-0.15, -0.1) is 16.4 Å². The van der Waals surface area contributed by atoms with E-state index < -0.39 is 0 Å². The Balaban J connectivity index is 1.43. The molecule has 0 aliphatic carbocycles. The van der Waals surface area contributed by atoms with Crippen molar-refractivity contribution in [2.45, 2.75) is 12.8 Å². The van der Waals surface area contributed by atoms with Gasteiger partial charge >= 0.3 is 0 Å². The van der Waals surface area contributed by atoms with Gasteiger partial charge in [-0.1, -0.05) is 6.07 Å². The monoisotopic (exact) mass is 441 g/mol. The number of anilines is 1. The van der Waals surface area contributed by atoms with E-state index in [9.17, 15) is 9.59 Å². The molecule has 3 aromatic rings. The predicted octanol–water partition coefficient (Wildman–Crippen LogP) is 3.04. The van der Waals surface area contributed by atoms with E-state index in [0.29, 0.717) is 47.3 Å². The molecular formula is C21H23N5O4S.